The summed E-state index contributed by atoms with van der Waals surface area (Å²) in [6, 6.07) is 3.65. The third-order valence-corrected chi connectivity index (χ3v) is 3.13. The lowest BCUT2D eigenvalue weighted by Crippen LogP contribution is -2.05. The van der Waals surface area contributed by atoms with Gasteiger partial charge in [-0.25, -0.2) is 4.98 Å². The average Bonchev–Trinajstić information content (AvgIpc) is 2.55. The zero-order chi connectivity index (χ0) is 16.8. The van der Waals surface area contributed by atoms with E-state index in [2.05, 4.69) is 15.9 Å². The van der Waals surface area contributed by atoms with Crippen molar-refractivity contribution < 1.29 is 14.2 Å². The maximum atomic E-state index is 5.87. The van der Waals surface area contributed by atoms with Crippen molar-refractivity contribution in [3.63, 3.8) is 0 Å². The molecule has 120 valence electrons. The predicted octanol–water partition coefficient (Wildman–Crippen LogP) is 1.26. The number of hydrogen-bond donors (Lipinski definition) is 2. The van der Waals surface area contributed by atoms with E-state index in [-0.39, 0.29) is 12.6 Å². The fourth-order valence-electron chi connectivity index (χ4n) is 2.08. The van der Waals surface area contributed by atoms with Crippen LogP contribution in [0.2, 0.25) is 0 Å². The Morgan fingerprint density at radius 2 is 1.83 bits per heavy atom. The molecule has 0 spiro atoms. The van der Waals surface area contributed by atoms with Gasteiger partial charge in [0.1, 0.15) is 12.4 Å². The molecule has 23 heavy (non-hydrogen) atoms. The predicted molar refractivity (Wildman–Crippen MR) is 87.5 cm³/mol. The first-order chi connectivity index (χ1) is 11.1. The number of anilines is 2. The number of rotatable bonds is 6. The van der Waals surface area contributed by atoms with Gasteiger partial charge in [0.05, 0.1) is 14.2 Å². The molecule has 1 aromatic carbocycles. The van der Waals surface area contributed by atoms with Crippen molar-refractivity contribution in [2.75, 3.05) is 32.3 Å². The van der Waals surface area contributed by atoms with E-state index >= 15 is 0 Å². The van der Waals surface area contributed by atoms with Crippen LogP contribution in [0.15, 0.2) is 18.3 Å². The maximum absolute atomic E-state index is 5.87. The van der Waals surface area contributed by atoms with Gasteiger partial charge in [0.25, 0.3) is 0 Å². The van der Waals surface area contributed by atoms with E-state index in [1.54, 1.807) is 20.4 Å². The highest BCUT2D eigenvalue weighted by Crippen LogP contribution is 2.39. The third kappa shape index (κ3) is 3.74. The van der Waals surface area contributed by atoms with Crippen LogP contribution in [0.1, 0.15) is 11.1 Å². The van der Waals surface area contributed by atoms with E-state index in [1.165, 1.54) is 0 Å². The first kappa shape index (κ1) is 16.2. The first-order valence-electron chi connectivity index (χ1n) is 6.77. The number of nitrogen functional groups attached to an aromatic ring is 2. The van der Waals surface area contributed by atoms with Gasteiger partial charge in [-0.15, -0.1) is 6.42 Å². The van der Waals surface area contributed by atoms with Crippen molar-refractivity contribution in [3.05, 3.63) is 29.5 Å². The Morgan fingerprint density at radius 3 is 2.35 bits per heavy atom. The molecule has 1 heterocycles. The summed E-state index contributed by atoms with van der Waals surface area (Å²) in [6.07, 6.45) is 7.32. The second kappa shape index (κ2) is 7.22. The summed E-state index contributed by atoms with van der Waals surface area (Å²) in [7, 11) is 3.09. The second-order valence-corrected chi connectivity index (χ2v) is 4.64. The number of nitrogens with two attached hydrogens (primary N) is 2. The lowest BCUT2D eigenvalue weighted by molar-refractivity contribution is 0.304. The van der Waals surface area contributed by atoms with Gasteiger partial charge in [-0.2, -0.15) is 4.98 Å². The fraction of sp³-hybridized carbons (Fsp3) is 0.250. The monoisotopic (exact) mass is 314 g/mol. The zero-order valence-electron chi connectivity index (χ0n) is 13.0. The highest BCUT2D eigenvalue weighted by atomic mass is 16.5. The molecule has 2 rings (SSSR count). The molecule has 0 aliphatic heterocycles. The summed E-state index contributed by atoms with van der Waals surface area (Å²) >= 11 is 0. The maximum Gasteiger partial charge on any atom is 0.221 e. The van der Waals surface area contributed by atoms with Crippen molar-refractivity contribution in [2.45, 2.75) is 6.42 Å². The lowest BCUT2D eigenvalue weighted by atomic mass is 10.1. The van der Waals surface area contributed by atoms with Gasteiger partial charge >= 0.3 is 0 Å². The summed E-state index contributed by atoms with van der Waals surface area (Å²) in [5.41, 5.74) is 13.0. The van der Waals surface area contributed by atoms with Crippen LogP contribution in [0.3, 0.4) is 0 Å². The van der Waals surface area contributed by atoms with Crippen LogP contribution < -0.4 is 25.7 Å². The molecule has 0 amide bonds. The lowest BCUT2D eigenvalue weighted by Gasteiger charge is -2.15. The minimum absolute atomic E-state index is 0.116. The highest BCUT2D eigenvalue weighted by Gasteiger charge is 2.15. The topological polar surface area (TPSA) is 106 Å². The number of aromatic nitrogens is 2. The van der Waals surface area contributed by atoms with E-state index in [0.717, 1.165) is 11.1 Å². The van der Waals surface area contributed by atoms with E-state index in [4.69, 9.17) is 32.1 Å². The van der Waals surface area contributed by atoms with Crippen molar-refractivity contribution in [1.82, 2.24) is 9.97 Å². The van der Waals surface area contributed by atoms with E-state index in [0.29, 0.717) is 29.5 Å². The van der Waals surface area contributed by atoms with Crippen LogP contribution >= 0.6 is 0 Å². The van der Waals surface area contributed by atoms with Gasteiger partial charge in [-0.3, -0.25) is 0 Å². The average molecular weight is 314 g/mol. The molecule has 7 heteroatoms. The number of hydrogen-bond acceptors (Lipinski definition) is 7. The summed E-state index contributed by atoms with van der Waals surface area (Å²) in [4.78, 5) is 7.90. The number of benzene rings is 1. The second-order valence-electron chi connectivity index (χ2n) is 4.64. The summed E-state index contributed by atoms with van der Waals surface area (Å²) < 4.78 is 16.2. The quantitative estimate of drug-likeness (QED) is 0.773. The number of terminal acetylenes is 1. The molecule has 0 unspecified atom stereocenters. The van der Waals surface area contributed by atoms with Crippen LogP contribution in [-0.2, 0) is 6.42 Å². The van der Waals surface area contributed by atoms with Crippen LogP contribution in [-0.4, -0.2) is 30.8 Å². The summed E-state index contributed by atoms with van der Waals surface area (Å²) in [6.45, 7) is 0.116. The molecular weight excluding hydrogens is 296 g/mol. The Labute approximate surface area is 134 Å². The minimum Gasteiger partial charge on any atom is -0.493 e. The SMILES string of the molecule is C#CCOc1c(OC)cc(Cc2cnc(N)nc2N)cc1OC. The molecule has 0 aliphatic carbocycles. The molecule has 0 radical (unpaired) electrons. The molecule has 2 aromatic rings. The molecule has 0 saturated carbocycles. The molecule has 7 nitrogen and oxygen atoms in total. The molecular formula is C16H18N4O3. The summed E-state index contributed by atoms with van der Waals surface area (Å²) in [5.74, 6) is 4.38. The van der Waals surface area contributed by atoms with Gasteiger partial charge in [0.15, 0.2) is 11.5 Å². The van der Waals surface area contributed by atoms with E-state index in [1.807, 2.05) is 12.1 Å². The number of nitrogens with zero attached hydrogens (tertiary/aromatic N) is 2. The molecule has 1 aromatic heterocycles. The Kier molecular flexibility index (Phi) is 5.10. The molecule has 0 aliphatic rings. The Balaban J connectivity index is 2.38. The summed E-state index contributed by atoms with van der Waals surface area (Å²) in [5, 5.41) is 0. The largest absolute Gasteiger partial charge is 0.493 e. The number of ether oxygens (including phenoxy) is 3. The van der Waals surface area contributed by atoms with Crippen molar-refractivity contribution in [1.29, 1.82) is 0 Å². The van der Waals surface area contributed by atoms with Crippen molar-refractivity contribution in [2.24, 2.45) is 0 Å². The smallest absolute Gasteiger partial charge is 0.221 e. The van der Waals surface area contributed by atoms with Crippen LogP contribution in [0, 0.1) is 12.3 Å². The van der Waals surface area contributed by atoms with E-state index < -0.39 is 0 Å². The molecule has 4 N–H and O–H groups in total. The van der Waals surface area contributed by atoms with Crippen molar-refractivity contribution >= 4 is 11.8 Å². The van der Waals surface area contributed by atoms with Crippen LogP contribution in [0.5, 0.6) is 17.2 Å². The molecule has 0 saturated heterocycles. The Bertz CT molecular complexity index is 716. The van der Waals surface area contributed by atoms with Gasteiger partial charge in [-0.05, 0) is 17.7 Å². The normalized spacial score (nSPS) is 9.96. The Hall–Kier alpha value is -3.14. The van der Waals surface area contributed by atoms with Crippen LogP contribution in [0.25, 0.3) is 0 Å². The molecule has 0 atom stereocenters. The highest BCUT2D eigenvalue weighted by molar-refractivity contribution is 5.55. The molecule has 0 bridgehead atoms. The Morgan fingerprint density at radius 1 is 1.17 bits per heavy atom. The van der Waals surface area contributed by atoms with Gasteiger partial charge in [0, 0.05) is 18.2 Å². The van der Waals surface area contributed by atoms with Gasteiger partial charge < -0.3 is 25.7 Å². The third-order valence-electron chi connectivity index (χ3n) is 3.13. The zero-order valence-corrected chi connectivity index (χ0v) is 13.0. The first-order valence-corrected chi connectivity index (χ1v) is 6.77. The van der Waals surface area contributed by atoms with E-state index in [9.17, 15) is 0 Å². The van der Waals surface area contributed by atoms with Crippen molar-refractivity contribution in [3.8, 4) is 29.6 Å². The van der Waals surface area contributed by atoms with Gasteiger partial charge in [-0.1, -0.05) is 5.92 Å². The standard InChI is InChI=1S/C16H18N4O3/c1-4-5-23-14-12(21-2)7-10(8-13(14)22-3)6-11-9-19-16(18)20-15(11)17/h1,7-9H,5-6H2,2-3H3,(H4,17,18,19,20). The minimum atomic E-state index is 0.116. The van der Waals surface area contributed by atoms with Gasteiger partial charge in [0.2, 0.25) is 11.7 Å². The van der Waals surface area contributed by atoms with Crippen LogP contribution in [0.4, 0.5) is 11.8 Å². The fourth-order valence-corrected chi connectivity index (χ4v) is 2.08. The number of methoxy groups -OCH3 is 2. The molecule has 0 fully saturated rings.